The van der Waals surface area contributed by atoms with Crippen molar-refractivity contribution in [2.24, 2.45) is 0 Å². The van der Waals surface area contributed by atoms with E-state index in [1.807, 2.05) is 0 Å². The topological polar surface area (TPSA) is 90.7 Å². The van der Waals surface area contributed by atoms with Crippen LogP contribution in [0.5, 0.6) is 0 Å². The number of halogens is 1. The van der Waals surface area contributed by atoms with Gasteiger partial charge in [0.1, 0.15) is 24.1 Å². The summed E-state index contributed by atoms with van der Waals surface area (Å²) in [6, 6.07) is 7.04. The smallest absolute Gasteiger partial charge is 0.338 e. The summed E-state index contributed by atoms with van der Waals surface area (Å²) >= 11 is 0. The fraction of sp³-hybridized carbons (Fsp3) is 0.455. The molecule has 1 aromatic carbocycles. The minimum Gasteiger partial charge on any atom is -0.448 e. The lowest BCUT2D eigenvalue weighted by atomic mass is 9.96. The molecule has 1 unspecified atom stereocenters. The molecule has 3 aliphatic rings. The molecule has 3 saturated heterocycles. The number of imide groups is 1. The number of carbonyl (C=O) groups is 2. The fourth-order valence-corrected chi connectivity index (χ4v) is 4.57. The number of fused-ring (bicyclic) bond motifs is 1. The number of amides is 3. The summed E-state index contributed by atoms with van der Waals surface area (Å²) in [7, 11) is 1.52. The summed E-state index contributed by atoms with van der Waals surface area (Å²) in [5, 5.41) is 0. The van der Waals surface area contributed by atoms with Crippen LogP contribution in [-0.4, -0.2) is 55.5 Å². The van der Waals surface area contributed by atoms with Gasteiger partial charge in [0.15, 0.2) is 12.1 Å². The minimum atomic E-state index is -0.838. The normalized spacial score (nSPS) is 31.9. The van der Waals surface area contributed by atoms with Crippen molar-refractivity contribution >= 4 is 23.5 Å². The van der Waals surface area contributed by atoms with Gasteiger partial charge in [0, 0.05) is 13.2 Å². The first-order chi connectivity index (χ1) is 15.3. The quantitative estimate of drug-likeness (QED) is 0.713. The van der Waals surface area contributed by atoms with E-state index in [0.717, 1.165) is 4.90 Å². The van der Waals surface area contributed by atoms with E-state index in [0.29, 0.717) is 0 Å². The van der Waals surface area contributed by atoms with Crippen molar-refractivity contribution in [2.75, 3.05) is 16.9 Å². The Bertz CT molecular complexity index is 1010. The van der Waals surface area contributed by atoms with Gasteiger partial charge in [-0.05, 0) is 44.2 Å². The van der Waals surface area contributed by atoms with Crippen molar-refractivity contribution in [3.8, 4) is 0 Å². The van der Waals surface area contributed by atoms with Gasteiger partial charge in [0.2, 0.25) is 11.8 Å². The Morgan fingerprint density at radius 3 is 2.50 bits per heavy atom. The molecule has 170 valence electrons. The zero-order valence-electron chi connectivity index (χ0n) is 17.8. The zero-order valence-corrected chi connectivity index (χ0v) is 17.8. The number of urea groups is 1. The van der Waals surface area contributed by atoms with Crippen molar-refractivity contribution in [3.63, 3.8) is 0 Å². The second-order valence-electron chi connectivity index (χ2n) is 8.35. The third-order valence-corrected chi connectivity index (χ3v) is 5.87. The van der Waals surface area contributed by atoms with Crippen LogP contribution >= 0.6 is 0 Å². The lowest BCUT2D eigenvalue weighted by Crippen LogP contribution is -2.63. The van der Waals surface area contributed by atoms with Crippen molar-refractivity contribution in [1.29, 1.82) is 0 Å². The van der Waals surface area contributed by atoms with E-state index in [-0.39, 0.29) is 18.0 Å². The molecule has 5 atom stereocenters. The lowest BCUT2D eigenvalue weighted by Gasteiger charge is -2.42. The van der Waals surface area contributed by atoms with Crippen LogP contribution in [-0.2, 0) is 23.7 Å². The van der Waals surface area contributed by atoms with Crippen molar-refractivity contribution in [2.45, 2.75) is 56.7 Å². The number of rotatable bonds is 4. The molecule has 3 amide bonds. The second kappa shape index (κ2) is 7.66. The molecule has 1 aromatic heterocycles. The van der Waals surface area contributed by atoms with Gasteiger partial charge in [-0.2, -0.15) is 0 Å². The Morgan fingerprint density at radius 2 is 1.84 bits per heavy atom. The Labute approximate surface area is 183 Å². The highest BCUT2D eigenvalue weighted by Crippen LogP contribution is 2.42. The lowest BCUT2D eigenvalue weighted by molar-refractivity contribution is -0.219. The number of methoxy groups -OCH3 is 1. The van der Waals surface area contributed by atoms with E-state index >= 15 is 0 Å². The van der Waals surface area contributed by atoms with Crippen LogP contribution in [0, 0.1) is 5.82 Å². The van der Waals surface area contributed by atoms with Gasteiger partial charge in [-0.3, -0.25) is 9.69 Å². The minimum absolute atomic E-state index is 0.0722. The number of benzene rings is 1. The molecule has 3 aliphatic heterocycles. The van der Waals surface area contributed by atoms with Crippen LogP contribution in [0.1, 0.15) is 20.3 Å². The molecule has 10 heteroatoms. The first-order valence-corrected chi connectivity index (χ1v) is 10.3. The van der Waals surface area contributed by atoms with Crippen LogP contribution < -0.4 is 9.80 Å². The summed E-state index contributed by atoms with van der Waals surface area (Å²) in [5.74, 6) is -1.51. The summed E-state index contributed by atoms with van der Waals surface area (Å²) in [5.41, 5.74) is 0.261. The first-order valence-electron chi connectivity index (χ1n) is 10.3. The first kappa shape index (κ1) is 21.1. The number of hydrogen-bond acceptors (Lipinski definition) is 7. The molecule has 0 aliphatic carbocycles. The summed E-state index contributed by atoms with van der Waals surface area (Å²) in [6.45, 7) is 3.56. The Kier molecular flexibility index (Phi) is 5.05. The van der Waals surface area contributed by atoms with E-state index in [4.69, 9.17) is 23.4 Å². The van der Waals surface area contributed by atoms with Gasteiger partial charge in [-0.15, -0.1) is 0 Å². The molecular weight excluding hydrogens is 423 g/mol. The van der Waals surface area contributed by atoms with Crippen LogP contribution in [0.25, 0.3) is 0 Å². The van der Waals surface area contributed by atoms with Gasteiger partial charge in [0.05, 0.1) is 24.4 Å². The highest BCUT2D eigenvalue weighted by Gasteiger charge is 2.59. The number of anilines is 2. The average molecular weight is 446 g/mol. The zero-order chi connectivity index (χ0) is 22.6. The van der Waals surface area contributed by atoms with Crippen LogP contribution in [0.4, 0.5) is 20.8 Å². The maximum atomic E-state index is 13.5. The van der Waals surface area contributed by atoms with Gasteiger partial charge >= 0.3 is 6.03 Å². The van der Waals surface area contributed by atoms with Crippen LogP contribution in [0.3, 0.4) is 0 Å². The third kappa shape index (κ3) is 3.39. The summed E-state index contributed by atoms with van der Waals surface area (Å²) < 4.78 is 42.5. The largest absolute Gasteiger partial charge is 0.448 e. The number of ether oxygens (including phenoxy) is 4. The van der Waals surface area contributed by atoms with Crippen molar-refractivity contribution in [1.82, 2.24) is 0 Å². The van der Waals surface area contributed by atoms with Gasteiger partial charge in [-0.25, -0.2) is 14.1 Å². The molecule has 0 saturated carbocycles. The van der Waals surface area contributed by atoms with Crippen LogP contribution in [0.15, 0.2) is 47.1 Å². The predicted octanol–water partition coefficient (Wildman–Crippen LogP) is 3.04. The Hall–Kier alpha value is -2.79. The molecule has 3 fully saturated rings. The monoisotopic (exact) mass is 446 g/mol. The molecule has 0 spiro atoms. The van der Waals surface area contributed by atoms with E-state index in [2.05, 4.69) is 0 Å². The number of carbonyl (C=O) groups excluding carboxylic acids is 2. The standard InChI is InChI=1S/C22H23FN2O7/c1-22(2)31-19-18(28-3)17(30-20(19)32-22)14-11-15(26)24(13-8-6-12(23)7-9-13)21(27)25(14)16-5-4-10-29-16/h4-10,14,17-20H,11H2,1-3H3/t14?,17-,18+,19-,20-/m1/s1. The fourth-order valence-electron chi connectivity index (χ4n) is 4.57. The van der Waals surface area contributed by atoms with Crippen molar-refractivity contribution in [3.05, 3.63) is 48.5 Å². The van der Waals surface area contributed by atoms with Gasteiger partial charge in [0.25, 0.3) is 0 Å². The van der Waals surface area contributed by atoms with Gasteiger partial charge in [-0.1, -0.05) is 0 Å². The van der Waals surface area contributed by atoms with Gasteiger partial charge < -0.3 is 23.4 Å². The van der Waals surface area contributed by atoms with Crippen LogP contribution in [0.2, 0.25) is 0 Å². The van der Waals surface area contributed by atoms with E-state index in [1.165, 1.54) is 42.5 Å². The molecule has 5 rings (SSSR count). The number of furan rings is 1. The number of hydrogen-bond donors (Lipinski definition) is 0. The summed E-state index contributed by atoms with van der Waals surface area (Å²) in [4.78, 5) is 29.0. The Morgan fingerprint density at radius 1 is 1.09 bits per heavy atom. The van der Waals surface area contributed by atoms with E-state index < -0.39 is 54.2 Å². The Balaban J connectivity index is 1.50. The molecule has 32 heavy (non-hydrogen) atoms. The molecule has 0 bridgehead atoms. The summed E-state index contributed by atoms with van der Waals surface area (Å²) in [6.07, 6.45) is -1.14. The molecular formula is C22H23FN2O7. The van der Waals surface area contributed by atoms with E-state index in [1.54, 1.807) is 26.0 Å². The second-order valence-corrected chi connectivity index (χ2v) is 8.35. The molecule has 9 nitrogen and oxygen atoms in total. The highest BCUT2D eigenvalue weighted by molar-refractivity contribution is 6.21. The number of nitrogens with zero attached hydrogens (tertiary/aromatic N) is 2. The van der Waals surface area contributed by atoms with Crippen molar-refractivity contribution < 1.29 is 37.3 Å². The third-order valence-electron chi connectivity index (χ3n) is 5.87. The highest BCUT2D eigenvalue weighted by atomic mass is 19.1. The SMILES string of the molecule is CO[C@@H]1[C@H]2OC(C)(C)O[C@H]2O[C@@H]1C1CC(=O)N(c2ccc(F)cc2)C(=O)N1c1ccco1. The molecule has 0 radical (unpaired) electrons. The predicted molar refractivity (Wildman–Crippen MR) is 108 cm³/mol. The maximum absolute atomic E-state index is 13.5. The maximum Gasteiger partial charge on any atom is 0.338 e. The molecule has 4 heterocycles. The average Bonchev–Trinajstić information content (AvgIpc) is 3.43. The molecule has 2 aromatic rings. The van der Waals surface area contributed by atoms with E-state index in [9.17, 15) is 14.0 Å². The molecule has 0 N–H and O–H groups in total.